The first-order valence-corrected chi connectivity index (χ1v) is 6.69. The molecule has 3 N–H and O–H groups in total. The zero-order chi connectivity index (χ0) is 14.8. The van der Waals surface area contributed by atoms with E-state index in [2.05, 4.69) is 26.1 Å². The molecule has 0 aliphatic carbocycles. The number of rotatable bonds is 2. The maximum Gasteiger partial charge on any atom is 0.241 e. The van der Waals surface area contributed by atoms with Gasteiger partial charge in [-0.15, -0.1) is 0 Å². The molecule has 19 heavy (non-hydrogen) atoms. The number of nitrogens with two attached hydrogens (primary N) is 1. The highest BCUT2D eigenvalue weighted by molar-refractivity contribution is 5.96. The lowest BCUT2D eigenvalue weighted by molar-refractivity contribution is -0.119. The molecule has 0 aromatic heterocycles. The standard InChI is InChI=1S/C16H26N2O/c1-15(2,3)11-9-7-8-10-12(11)18-14(19)13(17)16(4,5)6/h7-10,13H,17H2,1-6H3,(H,18,19)/t13-/m0/s1. The molecule has 0 aliphatic rings. The van der Waals surface area contributed by atoms with Crippen molar-refractivity contribution in [3.05, 3.63) is 29.8 Å². The Hall–Kier alpha value is -1.35. The number of carbonyl (C=O) groups is 1. The number of nitrogens with one attached hydrogen (secondary N) is 1. The quantitative estimate of drug-likeness (QED) is 0.859. The van der Waals surface area contributed by atoms with E-state index in [1.54, 1.807) is 0 Å². The lowest BCUT2D eigenvalue weighted by Crippen LogP contribution is -2.45. The number of anilines is 1. The van der Waals surface area contributed by atoms with Gasteiger partial charge in [-0.05, 0) is 22.5 Å². The molecule has 1 rings (SSSR count). The van der Waals surface area contributed by atoms with Crippen molar-refractivity contribution in [1.82, 2.24) is 0 Å². The van der Waals surface area contributed by atoms with Crippen LogP contribution in [0.2, 0.25) is 0 Å². The van der Waals surface area contributed by atoms with Crippen molar-refractivity contribution in [2.75, 3.05) is 5.32 Å². The monoisotopic (exact) mass is 262 g/mol. The van der Waals surface area contributed by atoms with E-state index in [1.807, 2.05) is 45.0 Å². The molecule has 3 heteroatoms. The zero-order valence-corrected chi connectivity index (χ0v) is 12.9. The molecule has 0 saturated heterocycles. The summed E-state index contributed by atoms with van der Waals surface area (Å²) in [5.74, 6) is -0.135. The smallest absolute Gasteiger partial charge is 0.241 e. The van der Waals surface area contributed by atoms with Crippen LogP contribution in [0.5, 0.6) is 0 Å². The minimum atomic E-state index is -0.527. The third-order valence-corrected chi connectivity index (χ3v) is 3.21. The van der Waals surface area contributed by atoms with Gasteiger partial charge in [0, 0.05) is 5.69 Å². The first-order chi connectivity index (χ1) is 8.53. The zero-order valence-electron chi connectivity index (χ0n) is 12.9. The summed E-state index contributed by atoms with van der Waals surface area (Å²) in [6, 6.07) is 7.35. The van der Waals surface area contributed by atoms with Gasteiger partial charge in [-0.1, -0.05) is 59.7 Å². The minimum absolute atomic E-state index is 0.0182. The van der Waals surface area contributed by atoms with Crippen molar-refractivity contribution in [1.29, 1.82) is 0 Å². The summed E-state index contributed by atoms with van der Waals surface area (Å²) in [5, 5.41) is 2.96. The van der Waals surface area contributed by atoms with Crippen LogP contribution in [0.1, 0.15) is 47.1 Å². The molecular weight excluding hydrogens is 236 g/mol. The molecular formula is C16H26N2O. The fraction of sp³-hybridized carbons (Fsp3) is 0.562. The predicted octanol–water partition coefficient (Wildman–Crippen LogP) is 3.30. The lowest BCUT2D eigenvalue weighted by Gasteiger charge is -2.28. The minimum Gasteiger partial charge on any atom is -0.324 e. The Morgan fingerprint density at radius 1 is 1.11 bits per heavy atom. The molecule has 0 bridgehead atoms. The Balaban J connectivity index is 2.99. The van der Waals surface area contributed by atoms with E-state index in [0.717, 1.165) is 11.3 Å². The highest BCUT2D eigenvalue weighted by Crippen LogP contribution is 2.29. The summed E-state index contributed by atoms with van der Waals surface area (Å²) in [6.45, 7) is 12.3. The Bertz CT molecular complexity index is 453. The molecule has 0 unspecified atom stereocenters. The van der Waals surface area contributed by atoms with E-state index in [1.165, 1.54) is 0 Å². The molecule has 1 aromatic carbocycles. The maximum atomic E-state index is 12.2. The topological polar surface area (TPSA) is 55.1 Å². The van der Waals surface area contributed by atoms with Gasteiger partial charge in [0.2, 0.25) is 5.91 Å². The summed E-state index contributed by atoms with van der Waals surface area (Å²) in [4.78, 5) is 12.2. The highest BCUT2D eigenvalue weighted by atomic mass is 16.2. The fourth-order valence-electron chi connectivity index (χ4n) is 1.85. The van der Waals surface area contributed by atoms with E-state index in [9.17, 15) is 4.79 Å². The van der Waals surface area contributed by atoms with Crippen molar-refractivity contribution < 1.29 is 4.79 Å². The Kier molecular flexibility index (Phi) is 4.41. The summed E-state index contributed by atoms with van der Waals surface area (Å²) in [5.41, 5.74) is 7.68. The lowest BCUT2D eigenvalue weighted by atomic mass is 9.85. The van der Waals surface area contributed by atoms with Crippen LogP contribution in [0.15, 0.2) is 24.3 Å². The molecule has 0 heterocycles. The van der Waals surface area contributed by atoms with Gasteiger partial charge in [-0.25, -0.2) is 0 Å². The van der Waals surface area contributed by atoms with Crippen molar-refractivity contribution in [2.45, 2.75) is 53.0 Å². The van der Waals surface area contributed by atoms with Crippen LogP contribution in [0.25, 0.3) is 0 Å². The fourth-order valence-corrected chi connectivity index (χ4v) is 1.85. The second-order valence-corrected chi connectivity index (χ2v) is 7.13. The number of carbonyl (C=O) groups excluding carboxylic acids is 1. The average molecular weight is 262 g/mol. The van der Waals surface area contributed by atoms with Crippen molar-refractivity contribution in [2.24, 2.45) is 11.1 Å². The van der Waals surface area contributed by atoms with Crippen LogP contribution in [-0.2, 0) is 10.2 Å². The molecule has 0 aliphatic heterocycles. The Morgan fingerprint density at radius 3 is 2.11 bits per heavy atom. The molecule has 3 nitrogen and oxygen atoms in total. The normalized spacial score (nSPS) is 14.1. The van der Waals surface area contributed by atoms with Gasteiger partial charge in [0.1, 0.15) is 0 Å². The van der Waals surface area contributed by atoms with Crippen molar-refractivity contribution in [3.63, 3.8) is 0 Å². The van der Waals surface area contributed by atoms with E-state index in [-0.39, 0.29) is 16.7 Å². The third-order valence-electron chi connectivity index (χ3n) is 3.21. The van der Waals surface area contributed by atoms with E-state index in [4.69, 9.17) is 5.73 Å². The summed E-state index contributed by atoms with van der Waals surface area (Å²) in [6.07, 6.45) is 0. The van der Waals surface area contributed by atoms with Gasteiger partial charge >= 0.3 is 0 Å². The predicted molar refractivity (Wildman–Crippen MR) is 81.2 cm³/mol. The molecule has 1 aromatic rings. The van der Waals surface area contributed by atoms with E-state index >= 15 is 0 Å². The summed E-state index contributed by atoms with van der Waals surface area (Å²) in [7, 11) is 0. The average Bonchev–Trinajstić information content (AvgIpc) is 2.26. The van der Waals surface area contributed by atoms with Gasteiger partial charge in [0.05, 0.1) is 6.04 Å². The molecule has 0 saturated carbocycles. The second-order valence-electron chi connectivity index (χ2n) is 7.13. The van der Waals surface area contributed by atoms with Crippen molar-refractivity contribution in [3.8, 4) is 0 Å². The molecule has 1 atom stereocenters. The Labute approximate surface area is 116 Å². The molecule has 1 amide bonds. The van der Waals surface area contributed by atoms with E-state index in [0.29, 0.717) is 0 Å². The van der Waals surface area contributed by atoms with Gasteiger partial charge < -0.3 is 11.1 Å². The number of amides is 1. The first kappa shape index (κ1) is 15.7. The third kappa shape index (κ3) is 4.06. The van der Waals surface area contributed by atoms with Crippen LogP contribution in [0, 0.1) is 5.41 Å². The van der Waals surface area contributed by atoms with Crippen molar-refractivity contribution >= 4 is 11.6 Å². The van der Waals surface area contributed by atoms with Crippen LogP contribution in [-0.4, -0.2) is 11.9 Å². The van der Waals surface area contributed by atoms with Crippen LogP contribution in [0.3, 0.4) is 0 Å². The molecule has 0 fully saturated rings. The largest absolute Gasteiger partial charge is 0.324 e. The molecule has 106 valence electrons. The number of para-hydroxylation sites is 1. The SMILES string of the molecule is CC(C)(C)c1ccccc1NC(=O)[C@H](N)C(C)(C)C. The van der Waals surface area contributed by atoms with Crippen LogP contribution < -0.4 is 11.1 Å². The number of hydrogen-bond acceptors (Lipinski definition) is 2. The summed E-state index contributed by atoms with van der Waals surface area (Å²) >= 11 is 0. The van der Waals surface area contributed by atoms with Gasteiger partial charge in [0.25, 0.3) is 0 Å². The van der Waals surface area contributed by atoms with Gasteiger partial charge in [0.15, 0.2) is 0 Å². The highest BCUT2D eigenvalue weighted by Gasteiger charge is 2.28. The number of hydrogen-bond donors (Lipinski definition) is 2. The van der Waals surface area contributed by atoms with Gasteiger partial charge in [-0.2, -0.15) is 0 Å². The Morgan fingerprint density at radius 2 is 1.63 bits per heavy atom. The second kappa shape index (κ2) is 5.33. The van der Waals surface area contributed by atoms with E-state index < -0.39 is 6.04 Å². The number of benzene rings is 1. The maximum absolute atomic E-state index is 12.2. The van der Waals surface area contributed by atoms with Crippen LogP contribution >= 0.6 is 0 Å². The van der Waals surface area contributed by atoms with Crippen LogP contribution in [0.4, 0.5) is 5.69 Å². The molecule has 0 radical (unpaired) electrons. The van der Waals surface area contributed by atoms with Gasteiger partial charge in [-0.3, -0.25) is 4.79 Å². The first-order valence-electron chi connectivity index (χ1n) is 6.69. The summed E-state index contributed by atoms with van der Waals surface area (Å²) < 4.78 is 0. The molecule has 0 spiro atoms.